The van der Waals surface area contributed by atoms with E-state index in [0.717, 1.165) is 16.3 Å². The second kappa shape index (κ2) is 8.49. The van der Waals surface area contributed by atoms with Crippen molar-refractivity contribution in [3.8, 4) is 5.75 Å². The molecule has 0 radical (unpaired) electrons. The number of carbonyl (C=O) groups is 1. The molecule has 2 heterocycles. The van der Waals surface area contributed by atoms with Crippen molar-refractivity contribution in [1.82, 2.24) is 25.0 Å². The molecule has 27 heavy (non-hydrogen) atoms. The molecule has 1 aromatic carbocycles. The van der Waals surface area contributed by atoms with Crippen LogP contribution in [-0.2, 0) is 18.4 Å². The Kier molecular flexibility index (Phi) is 6.07. The van der Waals surface area contributed by atoms with Crippen LogP contribution in [0.4, 0.5) is 5.13 Å². The van der Waals surface area contributed by atoms with Crippen molar-refractivity contribution >= 4 is 34.1 Å². The van der Waals surface area contributed by atoms with Gasteiger partial charge in [0.2, 0.25) is 11.0 Å². The molecule has 0 aliphatic heterocycles. The lowest BCUT2D eigenvalue weighted by molar-refractivity contribution is -0.113. The van der Waals surface area contributed by atoms with Crippen LogP contribution in [-0.4, -0.2) is 36.6 Å². The molecule has 0 bridgehead atoms. The Labute approximate surface area is 165 Å². The lowest BCUT2D eigenvalue weighted by Gasteiger charge is -2.09. The lowest BCUT2D eigenvalue weighted by atomic mass is 10.1. The van der Waals surface area contributed by atoms with Crippen LogP contribution in [0.5, 0.6) is 5.75 Å². The molecule has 0 saturated carbocycles. The minimum atomic E-state index is -0.160. The highest BCUT2D eigenvalue weighted by molar-refractivity contribution is 7.99. The zero-order valence-corrected chi connectivity index (χ0v) is 17.1. The summed E-state index contributed by atoms with van der Waals surface area (Å²) in [4.78, 5) is 12.0. The number of hydrogen-bond acceptors (Lipinski definition) is 8. The van der Waals surface area contributed by atoms with E-state index in [4.69, 9.17) is 4.74 Å². The average Bonchev–Trinajstić information content (AvgIpc) is 3.18. The molecule has 0 aliphatic carbocycles. The monoisotopic (exact) mass is 404 g/mol. The molecular formula is C17H20N6O2S2. The summed E-state index contributed by atoms with van der Waals surface area (Å²) in [5.74, 6) is 1.57. The molecule has 0 aliphatic rings. The van der Waals surface area contributed by atoms with Gasteiger partial charge < -0.3 is 9.30 Å². The summed E-state index contributed by atoms with van der Waals surface area (Å²) >= 11 is 2.65. The highest BCUT2D eigenvalue weighted by atomic mass is 32.2. The highest BCUT2D eigenvalue weighted by Gasteiger charge is 2.13. The molecule has 3 aromatic rings. The van der Waals surface area contributed by atoms with Gasteiger partial charge in [-0.05, 0) is 32.4 Å². The Morgan fingerprint density at radius 2 is 2.04 bits per heavy atom. The summed E-state index contributed by atoms with van der Waals surface area (Å²) in [6, 6.07) is 6.04. The maximum Gasteiger partial charge on any atom is 0.236 e. The predicted octanol–water partition coefficient (Wildman–Crippen LogP) is 2.90. The van der Waals surface area contributed by atoms with Crippen LogP contribution in [0.3, 0.4) is 0 Å². The maximum absolute atomic E-state index is 12.0. The number of amides is 1. The fourth-order valence-electron chi connectivity index (χ4n) is 2.33. The molecule has 142 valence electrons. The summed E-state index contributed by atoms with van der Waals surface area (Å²) in [6.07, 6.45) is 0. The Balaban J connectivity index is 1.54. The third-order valence-corrected chi connectivity index (χ3v) is 5.49. The van der Waals surface area contributed by atoms with E-state index in [9.17, 15) is 4.79 Å². The molecule has 3 rings (SSSR count). The number of aromatic nitrogens is 5. The van der Waals surface area contributed by atoms with Crippen molar-refractivity contribution in [2.45, 2.75) is 32.5 Å². The topological polar surface area (TPSA) is 94.8 Å². The summed E-state index contributed by atoms with van der Waals surface area (Å²) in [5, 5.41) is 20.7. The van der Waals surface area contributed by atoms with Gasteiger partial charge in [0.25, 0.3) is 0 Å². The van der Waals surface area contributed by atoms with E-state index >= 15 is 0 Å². The molecule has 0 atom stereocenters. The van der Waals surface area contributed by atoms with Crippen LogP contribution >= 0.6 is 23.1 Å². The van der Waals surface area contributed by atoms with E-state index in [-0.39, 0.29) is 11.7 Å². The molecule has 0 spiro atoms. The number of anilines is 1. The minimum absolute atomic E-state index is 0.160. The van der Waals surface area contributed by atoms with Crippen molar-refractivity contribution in [2.24, 2.45) is 7.05 Å². The summed E-state index contributed by atoms with van der Waals surface area (Å²) in [7, 11) is 1.86. The number of hydrogen-bond donors (Lipinski definition) is 1. The summed E-state index contributed by atoms with van der Waals surface area (Å²) in [6.45, 7) is 6.21. The number of rotatable bonds is 7. The van der Waals surface area contributed by atoms with Crippen molar-refractivity contribution in [2.75, 3.05) is 11.1 Å². The Hall–Kier alpha value is -2.46. The van der Waals surface area contributed by atoms with E-state index < -0.39 is 0 Å². The van der Waals surface area contributed by atoms with Gasteiger partial charge >= 0.3 is 0 Å². The third kappa shape index (κ3) is 5.04. The van der Waals surface area contributed by atoms with Gasteiger partial charge in [-0.25, -0.2) is 0 Å². The fourth-order valence-corrected chi connectivity index (χ4v) is 3.67. The van der Waals surface area contributed by atoms with Crippen LogP contribution in [0, 0.1) is 20.8 Å². The van der Waals surface area contributed by atoms with Crippen LogP contribution in [0.2, 0.25) is 0 Å². The fraction of sp³-hybridized carbons (Fsp3) is 0.353. The van der Waals surface area contributed by atoms with Crippen LogP contribution in [0.1, 0.15) is 22.0 Å². The number of aryl methyl sites for hydroxylation is 3. The number of carbonyl (C=O) groups excluding carboxylic acids is 1. The lowest BCUT2D eigenvalue weighted by Crippen LogP contribution is -2.14. The number of thioether (sulfide) groups is 1. The highest BCUT2D eigenvalue weighted by Crippen LogP contribution is 2.21. The smallest absolute Gasteiger partial charge is 0.236 e. The number of ether oxygens (including phenoxy) is 1. The zero-order chi connectivity index (χ0) is 19.4. The van der Waals surface area contributed by atoms with E-state index in [1.54, 1.807) is 0 Å². The summed E-state index contributed by atoms with van der Waals surface area (Å²) < 4.78 is 7.68. The normalized spacial score (nSPS) is 10.8. The molecule has 2 aromatic heterocycles. The first-order valence-corrected chi connectivity index (χ1v) is 10.0. The van der Waals surface area contributed by atoms with Crippen molar-refractivity contribution in [3.05, 3.63) is 40.2 Å². The molecule has 1 amide bonds. The second-order valence-corrected chi connectivity index (χ2v) is 8.10. The van der Waals surface area contributed by atoms with Crippen molar-refractivity contribution in [3.63, 3.8) is 0 Å². The first kappa shape index (κ1) is 19.3. The van der Waals surface area contributed by atoms with Crippen molar-refractivity contribution in [1.29, 1.82) is 0 Å². The number of nitrogens with zero attached hydrogens (tertiary/aromatic N) is 5. The third-order valence-electron chi connectivity index (χ3n) is 3.72. The van der Waals surface area contributed by atoms with Crippen LogP contribution in [0.15, 0.2) is 23.4 Å². The van der Waals surface area contributed by atoms with Gasteiger partial charge in [0, 0.05) is 7.05 Å². The van der Waals surface area contributed by atoms with Gasteiger partial charge in [-0.1, -0.05) is 40.8 Å². The predicted molar refractivity (Wildman–Crippen MR) is 105 cm³/mol. The first-order chi connectivity index (χ1) is 12.9. The largest absolute Gasteiger partial charge is 0.485 e. The number of nitrogens with one attached hydrogen (secondary N) is 1. The van der Waals surface area contributed by atoms with Gasteiger partial charge in [-0.15, -0.1) is 20.4 Å². The Morgan fingerprint density at radius 3 is 2.74 bits per heavy atom. The minimum Gasteiger partial charge on any atom is -0.485 e. The Morgan fingerprint density at radius 1 is 1.22 bits per heavy atom. The molecule has 0 fully saturated rings. The van der Waals surface area contributed by atoms with Gasteiger partial charge in [0.05, 0.1) is 5.75 Å². The van der Waals surface area contributed by atoms with Gasteiger partial charge in [0.1, 0.15) is 17.4 Å². The molecule has 1 N–H and O–H groups in total. The molecule has 10 heteroatoms. The van der Waals surface area contributed by atoms with Crippen LogP contribution < -0.4 is 10.1 Å². The van der Waals surface area contributed by atoms with E-state index in [0.29, 0.717) is 22.7 Å². The van der Waals surface area contributed by atoms with Gasteiger partial charge in [0.15, 0.2) is 11.0 Å². The Bertz CT molecular complexity index is 953. The molecular weight excluding hydrogens is 384 g/mol. The summed E-state index contributed by atoms with van der Waals surface area (Å²) in [5.41, 5.74) is 2.27. The quantitative estimate of drug-likeness (QED) is 0.605. The van der Waals surface area contributed by atoms with E-state index in [1.165, 1.54) is 28.7 Å². The molecule has 0 saturated heterocycles. The SMILES string of the molecule is Cc1ccc(OCc2nnc(SCC(=O)Nc3nnc(C)s3)n2C)c(C)c1. The number of benzene rings is 1. The standard InChI is InChI=1S/C17H20N6O2S2/c1-10-5-6-13(11(2)7-10)25-8-14-20-22-17(23(14)4)26-9-15(24)18-16-21-19-12(3)27-16/h5-7H,8-9H2,1-4H3,(H,18,21,24). The second-order valence-electron chi connectivity index (χ2n) is 5.98. The van der Waals surface area contributed by atoms with Gasteiger partial charge in [-0.2, -0.15) is 0 Å². The van der Waals surface area contributed by atoms with Gasteiger partial charge in [-0.3, -0.25) is 10.1 Å². The zero-order valence-electron chi connectivity index (χ0n) is 15.5. The molecule has 0 unspecified atom stereocenters. The average molecular weight is 405 g/mol. The molecule has 8 nitrogen and oxygen atoms in total. The van der Waals surface area contributed by atoms with Crippen molar-refractivity contribution < 1.29 is 9.53 Å². The van der Waals surface area contributed by atoms with Crippen LogP contribution in [0.25, 0.3) is 0 Å². The van der Waals surface area contributed by atoms with E-state index in [1.807, 2.05) is 44.5 Å². The maximum atomic E-state index is 12.0. The van der Waals surface area contributed by atoms with E-state index in [2.05, 4.69) is 31.8 Å². The first-order valence-electron chi connectivity index (χ1n) is 8.23.